The molecule has 0 saturated heterocycles. The van der Waals surface area contributed by atoms with E-state index in [1.807, 2.05) is 0 Å². The lowest BCUT2D eigenvalue weighted by molar-refractivity contribution is 0.969. The van der Waals surface area contributed by atoms with E-state index in [4.69, 9.17) is 0 Å². The molecule has 3 rings (SSSR count). The number of anilines is 3. The molecule has 3 aromatic carbocycles. The first kappa shape index (κ1) is 17.1. The average molecular weight is 330 g/mol. The molecule has 0 aliphatic heterocycles. The lowest BCUT2D eigenvalue weighted by Crippen LogP contribution is -2.17. The monoisotopic (exact) mass is 330 g/mol. The molecular weight excluding hydrogens is 304 g/mol. The van der Waals surface area contributed by atoms with Crippen LogP contribution in [0.2, 0.25) is 0 Å². The molecule has 0 aliphatic carbocycles. The zero-order valence-corrected chi connectivity index (χ0v) is 15.5. The second kappa shape index (κ2) is 7.43. The quantitative estimate of drug-likeness (QED) is 0.602. The molecule has 0 aromatic heterocycles. The Balaban J connectivity index is 1.97. The molecule has 128 valence electrons. The molecule has 3 aromatic rings. The maximum atomic E-state index is 3.66. The highest BCUT2D eigenvalue weighted by Crippen LogP contribution is 2.33. The van der Waals surface area contributed by atoms with Gasteiger partial charge in [-0.15, -0.1) is 0 Å². The van der Waals surface area contributed by atoms with Crippen LogP contribution in [-0.4, -0.2) is 13.6 Å². The number of aryl methyl sites for hydroxylation is 2. The fraction of sp³-hybridized carbons (Fsp3) is 0.217. The lowest BCUT2D eigenvalue weighted by atomic mass is 9.98. The number of para-hydroxylation sites is 2. The highest BCUT2D eigenvalue weighted by Gasteiger charge is 2.10. The van der Waals surface area contributed by atoms with E-state index < -0.39 is 0 Å². The van der Waals surface area contributed by atoms with Gasteiger partial charge in [-0.1, -0.05) is 42.5 Å². The van der Waals surface area contributed by atoms with Gasteiger partial charge < -0.3 is 10.2 Å². The van der Waals surface area contributed by atoms with Gasteiger partial charge in [0, 0.05) is 19.3 Å². The molecule has 0 atom stereocenters. The predicted octanol–water partition coefficient (Wildman–Crippen LogP) is 6.17. The second-order valence-corrected chi connectivity index (χ2v) is 6.51. The third-order valence-electron chi connectivity index (χ3n) is 4.69. The SMILES string of the molecule is CCN(C)c1ccccc1Nc1c(C)cc(-c2ccccc2)cc1C. The van der Waals surface area contributed by atoms with Crippen molar-refractivity contribution >= 4 is 17.1 Å². The van der Waals surface area contributed by atoms with Crippen LogP contribution in [-0.2, 0) is 0 Å². The molecule has 1 N–H and O–H groups in total. The number of nitrogens with one attached hydrogen (secondary N) is 1. The van der Waals surface area contributed by atoms with E-state index >= 15 is 0 Å². The van der Waals surface area contributed by atoms with Crippen LogP contribution in [0.15, 0.2) is 66.7 Å². The lowest BCUT2D eigenvalue weighted by Gasteiger charge is -2.23. The standard InChI is InChI=1S/C23H26N2/c1-5-25(4)22-14-10-9-13-21(22)24-23-17(2)15-20(16-18(23)3)19-11-7-6-8-12-19/h6-16,24H,5H2,1-4H3. The molecule has 2 nitrogen and oxygen atoms in total. The minimum absolute atomic E-state index is 0.976. The van der Waals surface area contributed by atoms with Gasteiger partial charge in [0.05, 0.1) is 11.4 Å². The van der Waals surface area contributed by atoms with Crippen molar-refractivity contribution in [2.45, 2.75) is 20.8 Å². The molecule has 0 unspecified atom stereocenters. The summed E-state index contributed by atoms with van der Waals surface area (Å²) in [5.41, 5.74) is 8.59. The zero-order chi connectivity index (χ0) is 17.8. The van der Waals surface area contributed by atoms with Crippen LogP contribution in [0, 0.1) is 13.8 Å². The summed E-state index contributed by atoms with van der Waals surface area (Å²) >= 11 is 0. The van der Waals surface area contributed by atoms with Crippen molar-refractivity contribution in [3.63, 3.8) is 0 Å². The Labute approximate surface area is 151 Å². The minimum Gasteiger partial charge on any atom is -0.373 e. The normalized spacial score (nSPS) is 10.6. The van der Waals surface area contributed by atoms with Gasteiger partial charge in [-0.2, -0.15) is 0 Å². The van der Waals surface area contributed by atoms with Crippen molar-refractivity contribution in [3.05, 3.63) is 77.9 Å². The minimum atomic E-state index is 0.976. The van der Waals surface area contributed by atoms with Gasteiger partial charge in [0.1, 0.15) is 0 Å². The number of rotatable bonds is 5. The third kappa shape index (κ3) is 3.69. The summed E-state index contributed by atoms with van der Waals surface area (Å²) in [5, 5.41) is 3.66. The smallest absolute Gasteiger partial charge is 0.0622 e. The Bertz CT molecular complexity index is 830. The van der Waals surface area contributed by atoms with Crippen LogP contribution in [0.5, 0.6) is 0 Å². The van der Waals surface area contributed by atoms with E-state index in [2.05, 4.69) is 105 Å². The molecular formula is C23H26N2. The van der Waals surface area contributed by atoms with Crippen molar-refractivity contribution in [2.75, 3.05) is 23.8 Å². The number of benzene rings is 3. The van der Waals surface area contributed by atoms with Crippen molar-refractivity contribution in [3.8, 4) is 11.1 Å². The van der Waals surface area contributed by atoms with Crippen molar-refractivity contribution in [2.24, 2.45) is 0 Å². The predicted molar refractivity (Wildman–Crippen MR) is 110 cm³/mol. The zero-order valence-electron chi connectivity index (χ0n) is 15.5. The first-order chi connectivity index (χ1) is 12.1. The van der Waals surface area contributed by atoms with Crippen molar-refractivity contribution < 1.29 is 0 Å². The Morgan fingerprint density at radius 2 is 1.40 bits per heavy atom. The second-order valence-electron chi connectivity index (χ2n) is 6.51. The highest BCUT2D eigenvalue weighted by molar-refractivity contribution is 5.79. The summed E-state index contributed by atoms with van der Waals surface area (Å²) in [6.07, 6.45) is 0. The third-order valence-corrected chi connectivity index (χ3v) is 4.69. The number of hydrogen-bond acceptors (Lipinski definition) is 2. The Morgan fingerprint density at radius 3 is 2.04 bits per heavy atom. The number of hydrogen-bond donors (Lipinski definition) is 1. The van der Waals surface area contributed by atoms with Gasteiger partial charge in [-0.25, -0.2) is 0 Å². The maximum absolute atomic E-state index is 3.66. The molecule has 0 fully saturated rings. The molecule has 0 spiro atoms. The topological polar surface area (TPSA) is 15.3 Å². The summed E-state index contributed by atoms with van der Waals surface area (Å²) in [4.78, 5) is 2.26. The van der Waals surface area contributed by atoms with Crippen LogP contribution in [0.25, 0.3) is 11.1 Å². The van der Waals surface area contributed by atoms with Gasteiger partial charge in [-0.3, -0.25) is 0 Å². The summed E-state index contributed by atoms with van der Waals surface area (Å²) in [6, 6.07) is 23.5. The van der Waals surface area contributed by atoms with E-state index in [0.717, 1.165) is 12.2 Å². The van der Waals surface area contributed by atoms with Crippen LogP contribution < -0.4 is 10.2 Å². The van der Waals surface area contributed by atoms with Gasteiger partial charge in [-0.05, 0) is 67.3 Å². The van der Waals surface area contributed by atoms with Crippen LogP contribution in [0.1, 0.15) is 18.1 Å². The summed E-state index contributed by atoms with van der Waals surface area (Å²) in [6.45, 7) is 7.49. The molecule has 0 aliphatic rings. The highest BCUT2D eigenvalue weighted by atomic mass is 15.1. The first-order valence-electron chi connectivity index (χ1n) is 8.84. The molecule has 0 bridgehead atoms. The van der Waals surface area contributed by atoms with E-state index in [-0.39, 0.29) is 0 Å². The van der Waals surface area contributed by atoms with E-state index in [1.165, 1.54) is 33.6 Å². The molecule has 0 heterocycles. The summed E-state index contributed by atoms with van der Waals surface area (Å²) in [5.74, 6) is 0. The van der Waals surface area contributed by atoms with E-state index in [1.54, 1.807) is 0 Å². The largest absolute Gasteiger partial charge is 0.373 e. The van der Waals surface area contributed by atoms with Crippen LogP contribution in [0.3, 0.4) is 0 Å². The van der Waals surface area contributed by atoms with Crippen LogP contribution in [0.4, 0.5) is 17.1 Å². The van der Waals surface area contributed by atoms with Crippen molar-refractivity contribution in [1.82, 2.24) is 0 Å². The van der Waals surface area contributed by atoms with Gasteiger partial charge in [0.15, 0.2) is 0 Å². The van der Waals surface area contributed by atoms with E-state index in [0.29, 0.717) is 0 Å². The number of nitrogens with zero attached hydrogens (tertiary/aromatic N) is 1. The molecule has 0 amide bonds. The molecule has 0 radical (unpaired) electrons. The fourth-order valence-corrected chi connectivity index (χ4v) is 3.18. The Hall–Kier alpha value is -2.74. The summed E-state index contributed by atoms with van der Waals surface area (Å²) in [7, 11) is 2.12. The van der Waals surface area contributed by atoms with E-state index in [9.17, 15) is 0 Å². The van der Waals surface area contributed by atoms with Gasteiger partial charge >= 0.3 is 0 Å². The Morgan fingerprint density at radius 1 is 0.800 bits per heavy atom. The van der Waals surface area contributed by atoms with Gasteiger partial charge in [0.2, 0.25) is 0 Å². The first-order valence-corrected chi connectivity index (χ1v) is 8.84. The summed E-state index contributed by atoms with van der Waals surface area (Å²) < 4.78 is 0. The molecule has 0 saturated carbocycles. The fourth-order valence-electron chi connectivity index (χ4n) is 3.18. The van der Waals surface area contributed by atoms with Gasteiger partial charge in [0.25, 0.3) is 0 Å². The molecule has 2 heteroatoms. The van der Waals surface area contributed by atoms with Crippen molar-refractivity contribution in [1.29, 1.82) is 0 Å². The average Bonchev–Trinajstić information content (AvgIpc) is 2.65. The maximum Gasteiger partial charge on any atom is 0.0622 e. The molecule has 25 heavy (non-hydrogen) atoms. The Kier molecular flexibility index (Phi) is 5.08. The van der Waals surface area contributed by atoms with Crippen LogP contribution >= 0.6 is 0 Å².